The molecule has 20 heavy (non-hydrogen) atoms. The summed E-state index contributed by atoms with van der Waals surface area (Å²) in [7, 11) is -3.34. The minimum Gasteiger partial charge on any atom is -0.399 e. The number of aryl methyl sites for hydroxylation is 1. The lowest BCUT2D eigenvalue weighted by Gasteiger charge is -2.12. The van der Waals surface area contributed by atoms with E-state index < -0.39 is 21.5 Å². The number of carbonyl (C=O) groups is 1. The molecule has 0 atom stereocenters. The Labute approximate surface area is 119 Å². The van der Waals surface area contributed by atoms with Crippen LogP contribution in [0.25, 0.3) is 0 Å². The van der Waals surface area contributed by atoms with Crippen LogP contribution in [0.5, 0.6) is 0 Å². The molecule has 0 heterocycles. The van der Waals surface area contributed by atoms with Crippen molar-refractivity contribution in [2.45, 2.75) is 37.9 Å². The molecule has 0 radical (unpaired) electrons. The van der Waals surface area contributed by atoms with E-state index >= 15 is 0 Å². The second-order valence-electron chi connectivity index (χ2n) is 5.34. The predicted molar refractivity (Wildman–Crippen MR) is 80.3 cm³/mol. The Kier molecular flexibility index (Phi) is 4.32. The molecule has 0 spiro atoms. The maximum absolute atomic E-state index is 12.1. The molecule has 2 rings (SSSR count). The summed E-state index contributed by atoms with van der Waals surface area (Å²) in [5.41, 5.74) is 7.66. The van der Waals surface area contributed by atoms with E-state index in [1.165, 1.54) is 0 Å². The number of rotatable bonds is 4. The SMILES string of the molecule is Cc1cc(N)ccc1NC(=O)CS(=O)(=O)C1CCCC1. The highest BCUT2D eigenvalue weighted by Gasteiger charge is 2.30. The van der Waals surface area contributed by atoms with Crippen molar-refractivity contribution in [3.05, 3.63) is 23.8 Å². The van der Waals surface area contributed by atoms with Gasteiger partial charge in [-0.05, 0) is 43.5 Å². The van der Waals surface area contributed by atoms with Crippen LogP contribution in [0.15, 0.2) is 18.2 Å². The fourth-order valence-electron chi connectivity index (χ4n) is 2.56. The highest BCUT2D eigenvalue weighted by molar-refractivity contribution is 7.92. The first-order valence-corrected chi connectivity index (χ1v) is 8.47. The number of carbonyl (C=O) groups excluding carboxylic acids is 1. The van der Waals surface area contributed by atoms with E-state index in [-0.39, 0.29) is 5.25 Å². The number of benzene rings is 1. The largest absolute Gasteiger partial charge is 0.399 e. The van der Waals surface area contributed by atoms with Gasteiger partial charge in [0.1, 0.15) is 5.75 Å². The lowest BCUT2D eigenvalue weighted by Crippen LogP contribution is -2.29. The Balaban J connectivity index is 2.01. The average molecular weight is 296 g/mol. The third-order valence-corrected chi connectivity index (χ3v) is 5.82. The van der Waals surface area contributed by atoms with Crippen LogP contribution in [0.1, 0.15) is 31.2 Å². The third-order valence-electron chi connectivity index (χ3n) is 3.67. The third kappa shape index (κ3) is 3.50. The summed E-state index contributed by atoms with van der Waals surface area (Å²) < 4.78 is 24.2. The first-order chi connectivity index (χ1) is 9.38. The summed E-state index contributed by atoms with van der Waals surface area (Å²) in [5, 5.41) is 2.30. The van der Waals surface area contributed by atoms with Gasteiger partial charge in [0.2, 0.25) is 5.91 Å². The quantitative estimate of drug-likeness (QED) is 0.830. The lowest BCUT2D eigenvalue weighted by atomic mass is 10.2. The monoisotopic (exact) mass is 296 g/mol. The number of amides is 1. The maximum Gasteiger partial charge on any atom is 0.239 e. The van der Waals surface area contributed by atoms with Gasteiger partial charge in [-0.15, -0.1) is 0 Å². The van der Waals surface area contributed by atoms with Gasteiger partial charge in [-0.2, -0.15) is 0 Å². The van der Waals surface area contributed by atoms with Crippen molar-refractivity contribution < 1.29 is 13.2 Å². The molecule has 5 nitrogen and oxygen atoms in total. The lowest BCUT2D eigenvalue weighted by molar-refractivity contribution is -0.113. The number of hydrogen-bond acceptors (Lipinski definition) is 4. The minimum absolute atomic E-state index is 0.347. The number of hydrogen-bond donors (Lipinski definition) is 2. The Bertz CT molecular complexity index is 605. The molecule has 1 saturated carbocycles. The van der Waals surface area contributed by atoms with Crippen molar-refractivity contribution in [1.82, 2.24) is 0 Å². The van der Waals surface area contributed by atoms with Crippen LogP contribution in [-0.4, -0.2) is 25.3 Å². The van der Waals surface area contributed by atoms with Gasteiger partial charge >= 0.3 is 0 Å². The van der Waals surface area contributed by atoms with Crippen LogP contribution in [0.3, 0.4) is 0 Å². The van der Waals surface area contributed by atoms with Gasteiger partial charge in [0.05, 0.1) is 5.25 Å². The number of anilines is 2. The van der Waals surface area contributed by atoms with Crippen molar-refractivity contribution in [3.8, 4) is 0 Å². The molecule has 0 saturated heterocycles. The molecule has 6 heteroatoms. The summed E-state index contributed by atoms with van der Waals surface area (Å²) in [5.74, 6) is -0.925. The molecule has 0 aromatic heterocycles. The molecule has 0 aliphatic heterocycles. The first kappa shape index (κ1) is 14.8. The molecule has 1 aromatic rings. The van der Waals surface area contributed by atoms with E-state index in [0.717, 1.165) is 18.4 Å². The summed E-state index contributed by atoms with van der Waals surface area (Å²) in [6.07, 6.45) is 3.22. The van der Waals surface area contributed by atoms with Crippen molar-refractivity contribution in [3.63, 3.8) is 0 Å². The number of nitrogens with two attached hydrogens (primary N) is 1. The van der Waals surface area contributed by atoms with Gasteiger partial charge in [-0.1, -0.05) is 12.8 Å². The molecule has 1 aliphatic rings. The molecular formula is C14H20N2O3S. The average Bonchev–Trinajstić information content (AvgIpc) is 2.86. The van der Waals surface area contributed by atoms with E-state index in [2.05, 4.69) is 5.32 Å². The smallest absolute Gasteiger partial charge is 0.239 e. The fraction of sp³-hybridized carbons (Fsp3) is 0.500. The minimum atomic E-state index is -3.34. The molecule has 1 amide bonds. The van der Waals surface area contributed by atoms with Crippen molar-refractivity contribution in [2.24, 2.45) is 0 Å². The Hall–Kier alpha value is -1.56. The maximum atomic E-state index is 12.1. The summed E-state index contributed by atoms with van der Waals surface area (Å²) >= 11 is 0. The molecule has 110 valence electrons. The predicted octanol–water partition coefficient (Wildman–Crippen LogP) is 1.87. The van der Waals surface area contributed by atoms with E-state index in [9.17, 15) is 13.2 Å². The zero-order chi connectivity index (χ0) is 14.8. The van der Waals surface area contributed by atoms with Gasteiger partial charge in [-0.25, -0.2) is 8.42 Å². The van der Waals surface area contributed by atoms with Crippen LogP contribution >= 0.6 is 0 Å². The standard InChI is InChI=1S/C14H20N2O3S/c1-10-8-11(15)6-7-13(10)16-14(17)9-20(18,19)12-4-2-3-5-12/h6-8,12H,2-5,9,15H2,1H3,(H,16,17). The molecule has 0 unspecified atom stereocenters. The fourth-order valence-corrected chi connectivity index (χ4v) is 4.29. The number of nitrogen functional groups attached to an aromatic ring is 1. The topological polar surface area (TPSA) is 89.3 Å². The summed E-state index contributed by atoms with van der Waals surface area (Å²) in [6, 6.07) is 5.10. The Morgan fingerprint density at radius 1 is 1.35 bits per heavy atom. The van der Waals surface area contributed by atoms with Gasteiger partial charge < -0.3 is 11.1 Å². The van der Waals surface area contributed by atoms with Crippen LogP contribution in [0, 0.1) is 6.92 Å². The highest BCUT2D eigenvalue weighted by atomic mass is 32.2. The first-order valence-electron chi connectivity index (χ1n) is 6.76. The van der Waals surface area contributed by atoms with E-state index in [0.29, 0.717) is 24.2 Å². The van der Waals surface area contributed by atoms with E-state index in [1.807, 2.05) is 6.92 Å². The molecule has 1 aliphatic carbocycles. The second-order valence-corrected chi connectivity index (χ2v) is 7.62. The molecule has 3 N–H and O–H groups in total. The van der Waals surface area contributed by atoms with Crippen LogP contribution in [0.4, 0.5) is 11.4 Å². The van der Waals surface area contributed by atoms with Gasteiger partial charge in [0.25, 0.3) is 0 Å². The van der Waals surface area contributed by atoms with E-state index in [4.69, 9.17) is 5.73 Å². The van der Waals surface area contributed by atoms with Gasteiger partial charge in [0.15, 0.2) is 9.84 Å². The molecule has 1 fully saturated rings. The Morgan fingerprint density at radius 2 is 2.00 bits per heavy atom. The molecule has 1 aromatic carbocycles. The van der Waals surface area contributed by atoms with Crippen LogP contribution in [0.2, 0.25) is 0 Å². The van der Waals surface area contributed by atoms with Crippen molar-refractivity contribution in [1.29, 1.82) is 0 Å². The number of nitrogens with one attached hydrogen (secondary N) is 1. The summed E-state index contributed by atoms with van der Waals surface area (Å²) in [6.45, 7) is 1.82. The summed E-state index contributed by atoms with van der Waals surface area (Å²) in [4.78, 5) is 11.9. The van der Waals surface area contributed by atoms with Gasteiger partial charge in [-0.3, -0.25) is 4.79 Å². The van der Waals surface area contributed by atoms with E-state index in [1.54, 1.807) is 18.2 Å². The van der Waals surface area contributed by atoms with Crippen LogP contribution in [-0.2, 0) is 14.6 Å². The second kappa shape index (κ2) is 5.83. The zero-order valence-electron chi connectivity index (χ0n) is 11.6. The normalized spacial score (nSPS) is 16.2. The van der Waals surface area contributed by atoms with Crippen molar-refractivity contribution in [2.75, 3.05) is 16.8 Å². The van der Waals surface area contributed by atoms with Gasteiger partial charge in [0, 0.05) is 11.4 Å². The highest BCUT2D eigenvalue weighted by Crippen LogP contribution is 2.25. The number of sulfone groups is 1. The molecular weight excluding hydrogens is 276 g/mol. The Morgan fingerprint density at radius 3 is 2.60 bits per heavy atom. The molecule has 0 bridgehead atoms. The zero-order valence-corrected chi connectivity index (χ0v) is 12.4. The van der Waals surface area contributed by atoms with Crippen molar-refractivity contribution >= 4 is 27.1 Å². The van der Waals surface area contributed by atoms with Crippen LogP contribution < -0.4 is 11.1 Å².